The molecule has 8 nitrogen and oxygen atoms in total. The van der Waals surface area contributed by atoms with Gasteiger partial charge in [-0.1, -0.05) is 20.8 Å². The lowest BCUT2D eigenvalue weighted by Gasteiger charge is -2.13. The number of aryl methyl sites for hydroxylation is 2. The van der Waals surface area contributed by atoms with Gasteiger partial charge in [0.05, 0.1) is 23.3 Å². The second kappa shape index (κ2) is 9.01. The van der Waals surface area contributed by atoms with Gasteiger partial charge in [-0.05, 0) is 25.1 Å². The summed E-state index contributed by atoms with van der Waals surface area (Å²) in [5, 5.41) is 9.35. The molecule has 3 aromatic heterocycles. The van der Waals surface area contributed by atoms with Crippen molar-refractivity contribution in [1.29, 1.82) is 0 Å². The fraction of sp³-hybridized carbons (Fsp3) is 0.240. The van der Waals surface area contributed by atoms with E-state index in [1.165, 1.54) is 12.1 Å². The Hall–Kier alpha value is -4.14. The van der Waals surface area contributed by atoms with Crippen molar-refractivity contribution in [2.24, 2.45) is 7.05 Å². The van der Waals surface area contributed by atoms with Crippen molar-refractivity contribution in [3.05, 3.63) is 72.3 Å². The molecule has 4 rings (SSSR count). The van der Waals surface area contributed by atoms with Crippen LogP contribution in [0.5, 0.6) is 11.5 Å². The lowest BCUT2D eigenvalue weighted by atomic mass is 9.93. The van der Waals surface area contributed by atoms with Gasteiger partial charge < -0.3 is 19.8 Å². The fourth-order valence-electron chi connectivity index (χ4n) is 3.23. The summed E-state index contributed by atoms with van der Waals surface area (Å²) in [7, 11) is 1.82. The minimum absolute atomic E-state index is 0.0211. The first-order chi connectivity index (χ1) is 16.1. The minimum Gasteiger partial charge on any atom is -0.464 e. The number of aromatic nitrogens is 3. The molecule has 9 heteroatoms. The monoisotopic (exact) mass is 463 g/mol. The molecule has 2 N–H and O–H groups in total. The lowest BCUT2D eigenvalue weighted by Crippen LogP contribution is -2.20. The lowest BCUT2D eigenvalue weighted by molar-refractivity contribution is 0.262. The van der Waals surface area contributed by atoms with Gasteiger partial charge in [0.2, 0.25) is 0 Å². The number of hydrogen-bond donors (Lipinski definition) is 2. The highest BCUT2D eigenvalue weighted by molar-refractivity contribution is 6.00. The van der Waals surface area contributed by atoms with E-state index in [0.29, 0.717) is 22.9 Å². The zero-order valence-corrected chi connectivity index (χ0v) is 19.6. The summed E-state index contributed by atoms with van der Waals surface area (Å²) in [5.41, 5.74) is 1.88. The number of rotatable bonds is 5. The molecule has 3 heterocycles. The fourth-order valence-corrected chi connectivity index (χ4v) is 3.23. The van der Waals surface area contributed by atoms with E-state index in [9.17, 15) is 9.18 Å². The molecule has 176 valence electrons. The summed E-state index contributed by atoms with van der Waals surface area (Å²) in [6, 6.07) is 8.84. The molecule has 0 saturated heterocycles. The highest BCUT2D eigenvalue weighted by Crippen LogP contribution is 2.31. The summed E-state index contributed by atoms with van der Waals surface area (Å²) in [6.45, 7) is 7.80. The van der Waals surface area contributed by atoms with Crippen LogP contribution in [0.2, 0.25) is 0 Å². The van der Waals surface area contributed by atoms with Crippen molar-refractivity contribution in [1.82, 2.24) is 14.8 Å². The SMILES string of the molecule is Cc1oc(C(C)(C)C)cc1NC(=O)Nc1ccc(Oc2ccnc(-c3cnn(C)c3)c2)cc1F. The highest BCUT2D eigenvalue weighted by atomic mass is 19.1. The molecule has 4 aromatic rings. The Morgan fingerprint density at radius 3 is 2.47 bits per heavy atom. The minimum atomic E-state index is -0.631. The van der Waals surface area contributed by atoms with E-state index in [1.807, 2.05) is 34.0 Å². The third-order valence-corrected chi connectivity index (χ3v) is 5.06. The molecule has 0 saturated carbocycles. The number of furan rings is 1. The predicted octanol–water partition coefficient (Wildman–Crippen LogP) is 6.26. The molecular formula is C25H26FN5O3. The number of halogens is 1. The number of urea groups is 1. The van der Waals surface area contributed by atoms with Crippen LogP contribution in [-0.2, 0) is 12.5 Å². The topological polar surface area (TPSA) is 94.2 Å². The Bertz CT molecular complexity index is 1340. The van der Waals surface area contributed by atoms with E-state index in [-0.39, 0.29) is 16.9 Å². The average molecular weight is 464 g/mol. The molecular weight excluding hydrogens is 437 g/mol. The van der Waals surface area contributed by atoms with Gasteiger partial charge in [-0.3, -0.25) is 9.67 Å². The van der Waals surface area contributed by atoms with Gasteiger partial charge in [-0.15, -0.1) is 0 Å². The molecule has 0 unspecified atom stereocenters. The van der Waals surface area contributed by atoms with E-state index < -0.39 is 11.8 Å². The van der Waals surface area contributed by atoms with E-state index in [2.05, 4.69) is 20.7 Å². The summed E-state index contributed by atoms with van der Waals surface area (Å²) in [5.74, 6) is 1.47. The van der Waals surface area contributed by atoms with Crippen LogP contribution in [0.3, 0.4) is 0 Å². The smallest absolute Gasteiger partial charge is 0.323 e. The van der Waals surface area contributed by atoms with Crippen LogP contribution in [0.15, 0.2) is 59.4 Å². The van der Waals surface area contributed by atoms with Gasteiger partial charge in [0.15, 0.2) is 0 Å². The van der Waals surface area contributed by atoms with Crippen LogP contribution >= 0.6 is 0 Å². The molecule has 1 aromatic carbocycles. The largest absolute Gasteiger partial charge is 0.464 e. The molecule has 0 fully saturated rings. The Balaban J connectivity index is 1.43. The molecule has 0 aliphatic carbocycles. The number of pyridine rings is 1. The summed E-state index contributed by atoms with van der Waals surface area (Å²) in [6.07, 6.45) is 5.15. The third-order valence-electron chi connectivity index (χ3n) is 5.06. The summed E-state index contributed by atoms with van der Waals surface area (Å²) < 4.78 is 27.9. The Kier molecular flexibility index (Phi) is 6.10. The number of benzene rings is 1. The van der Waals surface area contributed by atoms with Crippen LogP contribution in [-0.4, -0.2) is 20.8 Å². The zero-order chi connectivity index (χ0) is 24.5. The van der Waals surface area contributed by atoms with Crippen molar-refractivity contribution < 1.29 is 18.3 Å². The van der Waals surface area contributed by atoms with Crippen LogP contribution in [0.25, 0.3) is 11.3 Å². The number of carbonyl (C=O) groups is 1. The molecule has 0 aliphatic rings. The van der Waals surface area contributed by atoms with Gasteiger partial charge in [-0.2, -0.15) is 5.10 Å². The third kappa shape index (κ3) is 5.25. The normalized spacial score (nSPS) is 11.4. The van der Waals surface area contributed by atoms with Gasteiger partial charge in [0.25, 0.3) is 0 Å². The van der Waals surface area contributed by atoms with Crippen molar-refractivity contribution in [2.45, 2.75) is 33.1 Å². The number of nitrogens with one attached hydrogen (secondary N) is 2. The van der Waals surface area contributed by atoms with Crippen molar-refractivity contribution >= 4 is 17.4 Å². The van der Waals surface area contributed by atoms with Crippen LogP contribution in [0.4, 0.5) is 20.6 Å². The van der Waals surface area contributed by atoms with Crippen LogP contribution in [0, 0.1) is 12.7 Å². The number of ether oxygens (including phenoxy) is 1. The first-order valence-corrected chi connectivity index (χ1v) is 10.7. The highest BCUT2D eigenvalue weighted by Gasteiger charge is 2.21. The summed E-state index contributed by atoms with van der Waals surface area (Å²) >= 11 is 0. The maximum atomic E-state index is 14.7. The van der Waals surface area contributed by atoms with E-state index >= 15 is 0 Å². The molecule has 0 radical (unpaired) electrons. The second-order valence-electron chi connectivity index (χ2n) is 8.93. The number of carbonyl (C=O) groups excluding carboxylic acids is 1. The molecule has 0 spiro atoms. The average Bonchev–Trinajstić information content (AvgIpc) is 3.36. The van der Waals surface area contributed by atoms with Crippen LogP contribution < -0.4 is 15.4 Å². The van der Waals surface area contributed by atoms with Gasteiger partial charge in [0.1, 0.15) is 28.8 Å². The Morgan fingerprint density at radius 2 is 1.82 bits per heavy atom. The maximum Gasteiger partial charge on any atom is 0.323 e. The first-order valence-electron chi connectivity index (χ1n) is 10.7. The predicted molar refractivity (Wildman–Crippen MR) is 128 cm³/mol. The van der Waals surface area contributed by atoms with E-state index in [0.717, 1.165) is 11.3 Å². The first kappa shape index (κ1) is 23.0. The standard InChI is InChI=1S/C25H26FN5O3/c1-15-21(12-23(33-15)25(2,3)4)30-24(32)29-20-7-6-17(10-19(20)26)34-18-8-9-27-22(11-18)16-13-28-31(5)14-16/h6-14H,1-5H3,(H2,29,30,32). The van der Waals surface area contributed by atoms with Gasteiger partial charge in [-0.25, -0.2) is 9.18 Å². The molecule has 34 heavy (non-hydrogen) atoms. The quantitative estimate of drug-likeness (QED) is 0.364. The molecule has 0 bridgehead atoms. The number of hydrogen-bond acceptors (Lipinski definition) is 5. The number of nitrogens with zero attached hydrogens (tertiary/aromatic N) is 3. The maximum absolute atomic E-state index is 14.7. The van der Waals surface area contributed by atoms with Gasteiger partial charge in [0, 0.05) is 48.6 Å². The van der Waals surface area contributed by atoms with E-state index in [1.54, 1.807) is 48.3 Å². The number of anilines is 2. The Labute approximate surface area is 196 Å². The second-order valence-corrected chi connectivity index (χ2v) is 8.93. The van der Waals surface area contributed by atoms with Crippen LogP contribution in [0.1, 0.15) is 32.3 Å². The van der Waals surface area contributed by atoms with Gasteiger partial charge >= 0.3 is 6.03 Å². The molecule has 0 atom stereocenters. The van der Waals surface area contributed by atoms with E-state index in [4.69, 9.17) is 9.15 Å². The van der Waals surface area contributed by atoms with Crippen molar-refractivity contribution in [3.63, 3.8) is 0 Å². The molecule has 2 amide bonds. The van der Waals surface area contributed by atoms with Crippen molar-refractivity contribution in [2.75, 3.05) is 10.6 Å². The molecule has 0 aliphatic heterocycles. The summed E-state index contributed by atoms with van der Waals surface area (Å²) in [4.78, 5) is 16.7. The number of amides is 2. The zero-order valence-electron chi connectivity index (χ0n) is 19.6. The Morgan fingerprint density at radius 1 is 1.09 bits per heavy atom. The van der Waals surface area contributed by atoms with Crippen molar-refractivity contribution in [3.8, 4) is 22.8 Å².